The number of H-pyrrole nitrogens is 1. The lowest BCUT2D eigenvalue weighted by Gasteiger charge is -1.92. The molecule has 4 rings (SSSR count). The predicted molar refractivity (Wildman–Crippen MR) is 89.1 cm³/mol. The van der Waals surface area contributed by atoms with E-state index in [-0.39, 0.29) is 0 Å². The second-order valence-corrected chi connectivity index (χ2v) is 5.68. The summed E-state index contributed by atoms with van der Waals surface area (Å²) in [5.74, 6) is 0. The quantitative estimate of drug-likeness (QED) is 0.438. The molecule has 4 aromatic rings. The smallest absolute Gasteiger partial charge is 0.204 e. The molecule has 2 aromatic carbocycles. The molecule has 0 amide bonds. The van der Waals surface area contributed by atoms with E-state index in [1.54, 1.807) is 11.3 Å². The molecule has 2 aromatic heterocycles. The van der Waals surface area contributed by atoms with Gasteiger partial charge in [-0.2, -0.15) is 5.10 Å². The largest absolute Gasteiger partial charge is 0.361 e. The first-order valence-corrected chi connectivity index (χ1v) is 7.42. The van der Waals surface area contributed by atoms with Crippen LogP contribution >= 0.6 is 11.3 Å². The second kappa shape index (κ2) is 5.03. The number of benzene rings is 2. The number of aromatic amines is 1. The van der Waals surface area contributed by atoms with E-state index in [1.165, 1.54) is 0 Å². The van der Waals surface area contributed by atoms with Gasteiger partial charge in [0.1, 0.15) is 0 Å². The van der Waals surface area contributed by atoms with Gasteiger partial charge < -0.3 is 4.98 Å². The van der Waals surface area contributed by atoms with Crippen LogP contribution in [-0.2, 0) is 0 Å². The van der Waals surface area contributed by atoms with Crippen molar-refractivity contribution in [2.45, 2.75) is 0 Å². The van der Waals surface area contributed by atoms with Crippen molar-refractivity contribution < 1.29 is 0 Å². The number of nitrogens with zero attached hydrogens (tertiary/aromatic N) is 2. The Morgan fingerprint density at radius 2 is 1.95 bits per heavy atom. The fraction of sp³-hybridized carbons (Fsp3) is 0. The highest BCUT2D eigenvalue weighted by atomic mass is 32.1. The van der Waals surface area contributed by atoms with Crippen molar-refractivity contribution >= 4 is 43.8 Å². The SMILES string of the molecule is C(=N/Nc1nc2ccccc2s1)/c1c[nH]c2ccccc12. The molecule has 2 N–H and O–H groups in total. The average Bonchev–Trinajstić information content (AvgIpc) is 3.11. The topological polar surface area (TPSA) is 53.1 Å². The fourth-order valence-corrected chi connectivity index (χ4v) is 3.09. The summed E-state index contributed by atoms with van der Waals surface area (Å²) < 4.78 is 1.15. The highest BCUT2D eigenvalue weighted by Gasteiger charge is 2.02. The van der Waals surface area contributed by atoms with Gasteiger partial charge in [-0.15, -0.1) is 0 Å². The van der Waals surface area contributed by atoms with Crippen molar-refractivity contribution in [1.82, 2.24) is 9.97 Å². The Balaban J connectivity index is 1.58. The van der Waals surface area contributed by atoms with Crippen LogP contribution in [0.1, 0.15) is 5.56 Å². The summed E-state index contributed by atoms with van der Waals surface area (Å²) >= 11 is 1.59. The molecule has 0 aliphatic rings. The van der Waals surface area contributed by atoms with E-state index >= 15 is 0 Å². The van der Waals surface area contributed by atoms with E-state index in [9.17, 15) is 0 Å². The molecule has 0 saturated carbocycles. The standard InChI is InChI=1S/C16H12N4S/c1-2-6-13-12(5-1)11(9-17-13)10-18-20-16-19-14-7-3-4-8-15(14)21-16/h1-10,17H,(H,19,20)/b18-10-. The van der Waals surface area contributed by atoms with Crippen LogP contribution in [0.15, 0.2) is 59.8 Å². The number of para-hydroxylation sites is 2. The second-order valence-electron chi connectivity index (χ2n) is 4.65. The Hall–Kier alpha value is -2.66. The van der Waals surface area contributed by atoms with E-state index in [1.807, 2.05) is 48.8 Å². The fourth-order valence-electron chi connectivity index (χ4n) is 2.28. The first-order valence-electron chi connectivity index (χ1n) is 6.61. The van der Waals surface area contributed by atoms with Crippen LogP contribution in [0, 0.1) is 0 Å². The zero-order valence-corrected chi connectivity index (χ0v) is 11.9. The molecule has 102 valence electrons. The van der Waals surface area contributed by atoms with Crippen LogP contribution < -0.4 is 5.43 Å². The van der Waals surface area contributed by atoms with Gasteiger partial charge >= 0.3 is 0 Å². The number of hydrogen-bond donors (Lipinski definition) is 2. The van der Waals surface area contributed by atoms with Gasteiger partial charge in [-0.25, -0.2) is 4.98 Å². The van der Waals surface area contributed by atoms with Gasteiger partial charge in [-0.05, 0) is 18.2 Å². The van der Waals surface area contributed by atoms with Crippen LogP contribution in [0.4, 0.5) is 5.13 Å². The van der Waals surface area contributed by atoms with Crippen LogP contribution in [0.25, 0.3) is 21.1 Å². The molecular weight excluding hydrogens is 280 g/mol. The lowest BCUT2D eigenvalue weighted by Crippen LogP contribution is -1.88. The van der Waals surface area contributed by atoms with Crippen molar-refractivity contribution in [3.8, 4) is 0 Å². The summed E-state index contributed by atoms with van der Waals surface area (Å²) in [6.45, 7) is 0. The first-order chi connectivity index (χ1) is 10.4. The maximum Gasteiger partial charge on any atom is 0.204 e. The molecule has 0 aliphatic carbocycles. The molecule has 0 radical (unpaired) electrons. The van der Waals surface area contributed by atoms with Gasteiger partial charge in [-0.1, -0.05) is 41.7 Å². The molecule has 0 fully saturated rings. The third-order valence-electron chi connectivity index (χ3n) is 3.28. The minimum absolute atomic E-state index is 0.798. The number of nitrogens with one attached hydrogen (secondary N) is 2. The summed E-state index contributed by atoms with van der Waals surface area (Å²) in [5.41, 5.74) is 6.16. The molecule has 21 heavy (non-hydrogen) atoms. The van der Waals surface area contributed by atoms with E-state index < -0.39 is 0 Å². The van der Waals surface area contributed by atoms with E-state index in [0.29, 0.717) is 0 Å². The lowest BCUT2D eigenvalue weighted by molar-refractivity contribution is 1.31. The number of thiazole rings is 1. The first kappa shape index (κ1) is 12.1. The average molecular weight is 292 g/mol. The Morgan fingerprint density at radius 3 is 2.90 bits per heavy atom. The molecule has 0 aliphatic heterocycles. The summed E-state index contributed by atoms with van der Waals surface area (Å²) in [6, 6.07) is 16.2. The minimum Gasteiger partial charge on any atom is -0.361 e. The van der Waals surface area contributed by atoms with E-state index in [2.05, 4.69) is 32.6 Å². The molecule has 0 spiro atoms. The van der Waals surface area contributed by atoms with Crippen molar-refractivity contribution in [2.75, 3.05) is 5.43 Å². The third-order valence-corrected chi connectivity index (χ3v) is 4.22. The van der Waals surface area contributed by atoms with E-state index in [4.69, 9.17) is 0 Å². The van der Waals surface area contributed by atoms with Crippen molar-refractivity contribution in [3.63, 3.8) is 0 Å². The monoisotopic (exact) mass is 292 g/mol. The summed E-state index contributed by atoms with van der Waals surface area (Å²) in [7, 11) is 0. The van der Waals surface area contributed by atoms with Crippen molar-refractivity contribution in [3.05, 3.63) is 60.3 Å². The van der Waals surface area contributed by atoms with Crippen LogP contribution in [0.5, 0.6) is 0 Å². The molecule has 0 unspecified atom stereocenters. The lowest BCUT2D eigenvalue weighted by atomic mass is 10.2. The number of anilines is 1. The van der Waals surface area contributed by atoms with Crippen LogP contribution in [-0.4, -0.2) is 16.2 Å². The highest BCUT2D eigenvalue weighted by molar-refractivity contribution is 7.22. The van der Waals surface area contributed by atoms with Gasteiger partial charge in [-0.3, -0.25) is 5.43 Å². The summed E-state index contributed by atoms with van der Waals surface area (Å²) in [6.07, 6.45) is 3.76. The Bertz CT molecular complexity index is 902. The zero-order valence-electron chi connectivity index (χ0n) is 11.1. The maximum atomic E-state index is 4.48. The molecule has 2 heterocycles. The maximum absolute atomic E-state index is 4.48. The van der Waals surface area contributed by atoms with Crippen molar-refractivity contribution in [1.29, 1.82) is 0 Å². The van der Waals surface area contributed by atoms with Gasteiger partial charge in [0.05, 0.1) is 16.4 Å². The number of hydrazone groups is 1. The van der Waals surface area contributed by atoms with Crippen molar-refractivity contribution in [2.24, 2.45) is 5.10 Å². The van der Waals surface area contributed by atoms with E-state index in [0.717, 1.165) is 31.8 Å². The summed E-state index contributed by atoms with van der Waals surface area (Å²) in [5, 5.41) is 6.24. The van der Waals surface area contributed by atoms with Crippen LogP contribution in [0.2, 0.25) is 0 Å². The molecule has 0 bridgehead atoms. The molecular formula is C16H12N4S. The molecule has 0 atom stereocenters. The number of aromatic nitrogens is 2. The molecule has 5 heteroatoms. The normalized spacial score (nSPS) is 11.6. The van der Waals surface area contributed by atoms with Crippen LogP contribution in [0.3, 0.4) is 0 Å². The predicted octanol–water partition coefficient (Wildman–Crippen LogP) is 4.22. The number of fused-ring (bicyclic) bond motifs is 2. The zero-order chi connectivity index (χ0) is 14.1. The third kappa shape index (κ3) is 2.28. The Kier molecular flexibility index (Phi) is 2.90. The Morgan fingerprint density at radius 1 is 1.10 bits per heavy atom. The minimum atomic E-state index is 0.798. The highest BCUT2D eigenvalue weighted by Crippen LogP contribution is 2.25. The van der Waals surface area contributed by atoms with Gasteiger partial charge in [0.25, 0.3) is 0 Å². The Labute approximate surface area is 125 Å². The summed E-state index contributed by atoms with van der Waals surface area (Å²) in [4.78, 5) is 7.71. The van der Waals surface area contributed by atoms with Gasteiger partial charge in [0, 0.05) is 22.7 Å². The number of rotatable bonds is 3. The van der Waals surface area contributed by atoms with Gasteiger partial charge in [0.2, 0.25) is 5.13 Å². The molecule has 0 saturated heterocycles. The number of hydrogen-bond acceptors (Lipinski definition) is 4. The molecule has 4 nitrogen and oxygen atoms in total. The van der Waals surface area contributed by atoms with Gasteiger partial charge in [0.15, 0.2) is 0 Å².